The van der Waals surface area contributed by atoms with Crippen molar-refractivity contribution >= 4 is 35.8 Å². The van der Waals surface area contributed by atoms with Crippen LogP contribution in [0.25, 0.3) is 0 Å². The van der Waals surface area contributed by atoms with Crippen molar-refractivity contribution in [3.63, 3.8) is 0 Å². The van der Waals surface area contributed by atoms with E-state index >= 15 is 0 Å². The minimum absolute atomic E-state index is 0.00726. The van der Waals surface area contributed by atoms with Crippen molar-refractivity contribution in [3.05, 3.63) is 146 Å². The third kappa shape index (κ3) is 89.7. The van der Waals surface area contributed by atoms with Gasteiger partial charge in [0, 0.05) is 38.5 Å². The number of allylic oxidation sites excluding steroid dienone is 24. The molecule has 0 aromatic heterocycles. The second kappa shape index (κ2) is 101. The van der Waals surface area contributed by atoms with Crippen molar-refractivity contribution < 1.29 is 57.2 Å². The van der Waals surface area contributed by atoms with Gasteiger partial charge in [-0.1, -0.05) is 380 Å². The average Bonchev–Trinajstić information content (AvgIpc) is 0.821. The highest BCUT2D eigenvalue weighted by Crippen LogP contribution is 2.26. The topological polar surface area (TPSA) is 158 Å². The van der Waals surface area contributed by atoms with Gasteiger partial charge < -0.3 is 28.4 Å². The number of carbonyl (C=O) groups is 6. The molecule has 0 spiro atoms. The second-order valence-corrected chi connectivity index (χ2v) is 35.2. The molecule has 0 aromatic carbocycles. The first-order valence-electron chi connectivity index (χ1n) is 52.9. The highest BCUT2D eigenvalue weighted by Gasteiger charge is 2.46. The predicted octanol–water partition coefficient (Wildman–Crippen LogP) is 34.6. The quantitative estimate of drug-likeness (QED) is 0.0246. The Kier molecular flexibility index (Phi) is 95.8. The SMILES string of the molecule is CCCCC/C=C\C/C=C\CCCCCCCC(=O)OC[C@H](OC(=O)CCCCCCC/C=C\C/C=C\CCCCC)[C@@H](OC(=O)CCCCCCC/C=C\C/C=C\CCCCC)[C@H](OC(=O)CCCCCCC/C=C\C/C=C\CCCCC)[C@@H](COC(=O)CCCCCCC/C=C\C/C=C\CCCCC)OC(=O)CCCCCCC/C=C\C/C=C\CCCCC. The van der Waals surface area contributed by atoms with Gasteiger partial charge in [0.05, 0.1) is 0 Å². The Bertz CT molecular complexity index is 2640. The fourth-order valence-electron chi connectivity index (χ4n) is 15.0. The maximum absolute atomic E-state index is 14.9. The molecule has 0 aliphatic heterocycles. The molecule has 0 aliphatic carbocycles. The van der Waals surface area contributed by atoms with Gasteiger partial charge in [-0.15, -0.1) is 0 Å². The molecule has 0 aliphatic rings. The number of hydrogen-bond donors (Lipinski definition) is 0. The van der Waals surface area contributed by atoms with Crippen LogP contribution in [0.15, 0.2) is 146 Å². The normalized spacial score (nSPS) is 13.3. The molecule has 0 fully saturated rings. The van der Waals surface area contributed by atoms with Gasteiger partial charge in [-0.3, -0.25) is 28.8 Å². The Morgan fingerprint density at radius 1 is 0.167 bits per heavy atom. The molecule has 4 atom stereocenters. The zero-order valence-corrected chi connectivity index (χ0v) is 82.4. The fraction of sp³-hybridized carbons (Fsp3) is 0.737. The lowest BCUT2D eigenvalue weighted by Gasteiger charge is -2.36. The smallest absolute Gasteiger partial charge is 0.306 e. The van der Waals surface area contributed by atoms with Crippen molar-refractivity contribution in [2.24, 2.45) is 0 Å². The zero-order chi connectivity index (χ0) is 91.3. The van der Waals surface area contributed by atoms with Crippen LogP contribution in [0.1, 0.15) is 504 Å². The van der Waals surface area contributed by atoms with E-state index in [1.54, 1.807) is 0 Å². The zero-order valence-electron chi connectivity index (χ0n) is 82.4. The third-order valence-corrected chi connectivity index (χ3v) is 23.0. The summed E-state index contributed by atoms with van der Waals surface area (Å²) in [7, 11) is 0. The van der Waals surface area contributed by atoms with Crippen molar-refractivity contribution in [3.8, 4) is 0 Å². The fourth-order valence-corrected chi connectivity index (χ4v) is 15.0. The van der Waals surface area contributed by atoms with Crippen LogP contribution in [0.2, 0.25) is 0 Å². The Morgan fingerprint density at radius 3 is 0.484 bits per heavy atom. The van der Waals surface area contributed by atoms with E-state index in [1.165, 1.54) is 116 Å². The van der Waals surface area contributed by atoms with E-state index in [9.17, 15) is 28.8 Å². The summed E-state index contributed by atoms with van der Waals surface area (Å²) in [5.41, 5.74) is 0. The summed E-state index contributed by atoms with van der Waals surface area (Å²) in [6, 6.07) is 0. The number of rotatable bonds is 95. The summed E-state index contributed by atoms with van der Waals surface area (Å²) in [4.78, 5) is 87.3. The van der Waals surface area contributed by atoms with Crippen LogP contribution < -0.4 is 0 Å². The number of ether oxygens (including phenoxy) is 6. The Balaban J connectivity index is 7.66. The molecule has 0 N–H and O–H groups in total. The van der Waals surface area contributed by atoms with Crippen LogP contribution in [0.4, 0.5) is 0 Å². The van der Waals surface area contributed by atoms with Gasteiger partial charge >= 0.3 is 35.8 Å². The van der Waals surface area contributed by atoms with E-state index in [1.807, 2.05) is 0 Å². The first kappa shape index (κ1) is 120. The van der Waals surface area contributed by atoms with E-state index < -0.39 is 73.4 Å². The summed E-state index contributed by atoms with van der Waals surface area (Å²) in [6.45, 7) is 12.3. The molecule has 0 bridgehead atoms. The van der Waals surface area contributed by atoms with E-state index in [2.05, 4.69) is 187 Å². The van der Waals surface area contributed by atoms with Crippen LogP contribution in [0, 0.1) is 0 Å². The lowest BCUT2D eigenvalue weighted by molar-refractivity contribution is -0.209. The highest BCUT2D eigenvalue weighted by atomic mass is 16.6. The summed E-state index contributed by atoms with van der Waals surface area (Å²) in [5.74, 6) is -3.50. The van der Waals surface area contributed by atoms with Crippen molar-refractivity contribution in [1.29, 1.82) is 0 Å². The number of carbonyl (C=O) groups excluding carboxylic acids is 6. The molecule has 0 aromatic rings. The summed E-state index contributed by atoms with van der Waals surface area (Å²) >= 11 is 0. The van der Waals surface area contributed by atoms with Crippen LogP contribution in [0.5, 0.6) is 0 Å². The maximum atomic E-state index is 14.9. The molecule has 12 nitrogen and oxygen atoms in total. The van der Waals surface area contributed by atoms with Crippen molar-refractivity contribution in [1.82, 2.24) is 0 Å². The Hall–Kier alpha value is -6.30. The molecular weight excluding hydrogens is 1560 g/mol. The van der Waals surface area contributed by atoms with Gasteiger partial charge in [0.1, 0.15) is 13.2 Å². The number of esters is 6. The second-order valence-electron chi connectivity index (χ2n) is 35.2. The van der Waals surface area contributed by atoms with Crippen LogP contribution >= 0.6 is 0 Å². The van der Waals surface area contributed by atoms with E-state index in [-0.39, 0.29) is 38.5 Å². The molecular formula is C114H194O12. The number of unbranched alkanes of at least 4 members (excludes halogenated alkanes) is 48. The maximum Gasteiger partial charge on any atom is 0.306 e. The van der Waals surface area contributed by atoms with Crippen molar-refractivity contribution in [2.45, 2.75) is 528 Å². The molecule has 722 valence electrons. The molecule has 0 radical (unpaired) electrons. The summed E-state index contributed by atoms with van der Waals surface area (Å²) in [5, 5.41) is 0. The third-order valence-electron chi connectivity index (χ3n) is 23.0. The van der Waals surface area contributed by atoms with Gasteiger partial charge in [0.2, 0.25) is 0 Å². The van der Waals surface area contributed by atoms with E-state index in [0.717, 1.165) is 270 Å². The van der Waals surface area contributed by atoms with Gasteiger partial charge in [-0.05, 0) is 231 Å². The summed E-state index contributed by atoms with van der Waals surface area (Å²) in [6.07, 6.45) is 115. The first-order chi connectivity index (χ1) is 62.1. The molecule has 12 heteroatoms. The van der Waals surface area contributed by atoms with Gasteiger partial charge in [-0.2, -0.15) is 0 Å². The average molecular weight is 1760 g/mol. The predicted molar refractivity (Wildman–Crippen MR) is 538 cm³/mol. The largest absolute Gasteiger partial charge is 0.462 e. The van der Waals surface area contributed by atoms with Gasteiger partial charge in [0.25, 0.3) is 0 Å². The number of hydrogen-bond acceptors (Lipinski definition) is 12. The van der Waals surface area contributed by atoms with Crippen LogP contribution in [0.3, 0.4) is 0 Å². The minimum atomic E-state index is -1.66. The molecule has 0 rings (SSSR count). The molecule has 0 saturated heterocycles. The van der Waals surface area contributed by atoms with E-state index in [0.29, 0.717) is 38.5 Å². The molecule has 0 heterocycles. The highest BCUT2D eigenvalue weighted by molar-refractivity contribution is 5.73. The lowest BCUT2D eigenvalue weighted by atomic mass is 10.0. The van der Waals surface area contributed by atoms with Gasteiger partial charge in [-0.25, -0.2) is 0 Å². The minimum Gasteiger partial charge on any atom is -0.462 e. The molecule has 0 saturated carbocycles. The molecule has 0 unspecified atom stereocenters. The Morgan fingerprint density at radius 2 is 0.310 bits per heavy atom. The van der Waals surface area contributed by atoms with Crippen LogP contribution in [-0.4, -0.2) is 73.4 Å². The molecule has 126 heavy (non-hydrogen) atoms. The monoisotopic (exact) mass is 1760 g/mol. The summed E-state index contributed by atoms with van der Waals surface area (Å²) < 4.78 is 38.5. The standard InChI is InChI=1S/C114H194O12/c1-7-13-19-25-31-37-43-49-55-61-67-73-79-85-91-97-107(115)121-103-105(123-109(117)99-93-87-81-75-69-63-57-51-45-39-33-27-21-15-9-3)113(125-111(119)101-95-89-83-77-71-65-59-53-47-41-35-29-23-17-11-5)114(126-112(120)102-96-90-84-78-72-66-60-54-48-42-36-30-24-18-12-6)106(124-110(118)100-94-88-82-76-70-64-58-52-46-40-34-28-22-16-10-4)104-122-108(116)98-92-86-80-74-68-62-56-50-44-38-32-26-20-14-8-2/h31-42,49-60,105-106,113-114H,7-30,43-48,61-104H2,1-6H3/b37-31-,38-32-,39-33-,40-34-,41-35-,42-36-,55-49-,56-50-,57-51-,58-52-,59-53-,60-54-/t105-,106+,113-,114-/m1/s1. The van der Waals surface area contributed by atoms with E-state index in [4.69, 9.17) is 28.4 Å². The first-order valence-corrected chi connectivity index (χ1v) is 52.9. The van der Waals surface area contributed by atoms with Crippen molar-refractivity contribution in [2.75, 3.05) is 13.2 Å². The van der Waals surface area contributed by atoms with Crippen LogP contribution in [-0.2, 0) is 57.2 Å². The Labute approximate surface area is 775 Å². The van der Waals surface area contributed by atoms with Gasteiger partial charge in [0.15, 0.2) is 24.4 Å². The molecule has 0 amide bonds. The lowest BCUT2D eigenvalue weighted by Crippen LogP contribution is -2.54.